The monoisotopic (exact) mass is 273 g/mol. The molecule has 0 bridgehead atoms. The molecular weight excluding hydrogens is 246 g/mol. The second kappa shape index (κ2) is 5.40. The minimum absolute atomic E-state index is 0.0429. The first kappa shape index (κ1) is 13.9. The van der Waals surface area contributed by atoms with Gasteiger partial charge in [0.15, 0.2) is 0 Å². The largest absolute Gasteiger partial charge is 0.487 e. The number of nitrogens with one attached hydrogen (secondary N) is 1. The molecule has 1 N–H and O–H groups in total. The fourth-order valence-electron chi connectivity index (χ4n) is 3.54. The highest BCUT2D eigenvalue weighted by Crippen LogP contribution is 2.37. The van der Waals surface area contributed by atoms with Gasteiger partial charge in [0.05, 0.1) is 0 Å². The van der Waals surface area contributed by atoms with Crippen LogP contribution in [0, 0.1) is 5.92 Å². The second-order valence-electron chi connectivity index (χ2n) is 7.28. The van der Waals surface area contributed by atoms with Gasteiger partial charge in [-0.05, 0) is 51.0 Å². The minimum atomic E-state index is -0.0429. The molecule has 1 heterocycles. The lowest BCUT2D eigenvalue weighted by atomic mass is 9.87. The topological polar surface area (TPSA) is 21.3 Å². The molecule has 1 aromatic rings. The van der Waals surface area contributed by atoms with E-state index in [1.165, 1.54) is 36.8 Å². The van der Waals surface area contributed by atoms with Gasteiger partial charge >= 0.3 is 0 Å². The summed E-state index contributed by atoms with van der Waals surface area (Å²) in [6, 6.07) is 7.27. The number of ether oxygens (including phenoxy) is 1. The Morgan fingerprint density at radius 3 is 2.70 bits per heavy atom. The van der Waals surface area contributed by atoms with Crippen molar-refractivity contribution in [2.75, 3.05) is 0 Å². The standard InChI is InChI=1S/C18H27NO/c1-13-7-9-16(10-8-13)19-12-15-6-4-5-14-11-18(2,3)20-17(14)15/h4-6,13,16,19H,7-12H2,1-3H3. The Bertz CT molecular complexity index is 472. The van der Waals surface area contributed by atoms with E-state index in [1.54, 1.807) is 0 Å². The molecule has 110 valence electrons. The molecule has 0 aromatic heterocycles. The Labute approximate surface area is 122 Å². The molecule has 2 nitrogen and oxygen atoms in total. The van der Waals surface area contributed by atoms with E-state index in [1.807, 2.05) is 0 Å². The normalized spacial score (nSPS) is 27.9. The molecule has 2 heteroatoms. The summed E-state index contributed by atoms with van der Waals surface area (Å²) < 4.78 is 6.14. The minimum Gasteiger partial charge on any atom is -0.487 e. The number of benzene rings is 1. The first-order chi connectivity index (χ1) is 9.53. The van der Waals surface area contributed by atoms with Crippen LogP contribution in [0.25, 0.3) is 0 Å². The molecule has 0 unspecified atom stereocenters. The van der Waals surface area contributed by atoms with Crippen molar-refractivity contribution in [3.05, 3.63) is 29.3 Å². The zero-order chi connectivity index (χ0) is 14.2. The van der Waals surface area contributed by atoms with Crippen LogP contribution in [0.1, 0.15) is 57.6 Å². The Morgan fingerprint density at radius 1 is 1.20 bits per heavy atom. The van der Waals surface area contributed by atoms with Gasteiger partial charge in [0, 0.05) is 24.6 Å². The Balaban J connectivity index is 1.63. The highest BCUT2D eigenvalue weighted by molar-refractivity contribution is 5.45. The third kappa shape index (κ3) is 3.01. The fourth-order valence-corrected chi connectivity index (χ4v) is 3.54. The molecule has 2 aliphatic rings. The summed E-state index contributed by atoms with van der Waals surface area (Å²) >= 11 is 0. The zero-order valence-corrected chi connectivity index (χ0v) is 13.0. The summed E-state index contributed by atoms with van der Waals surface area (Å²) in [6.07, 6.45) is 6.41. The molecule has 0 atom stereocenters. The van der Waals surface area contributed by atoms with Crippen molar-refractivity contribution in [3.8, 4) is 5.75 Å². The van der Waals surface area contributed by atoms with Gasteiger partial charge in [-0.1, -0.05) is 25.1 Å². The first-order valence-corrected chi connectivity index (χ1v) is 8.07. The number of fused-ring (bicyclic) bond motifs is 1. The second-order valence-corrected chi connectivity index (χ2v) is 7.28. The molecule has 1 aromatic carbocycles. The zero-order valence-electron chi connectivity index (χ0n) is 13.0. The molecule has 1 saturated carbocycles. The summed E-state index contributed by atoms with van der Waals surface area (Å²) in [5.74, 6) is 2.05. The molecule has 20 heavy (non-hydrogen) atoms. The maximum absolute atomic E-state index is 6.14. The van der Waals surface area contributed by atoms with E-state index < -0.39 is 0 Å². The SMILES string of the molecule is CC1CCC(NCc2cccc3c2OC(C)(C)C3)CC1. The van der Waals surface area contributed by atoms with Crippen LogP contribution in [0.5, 0.6) is 5.75 Å². The van der Waals surface area contributed by atoms with Crippen LogP contribution in [0.2, 0.25) is 0 Å². The lowest BCUT2D eigenvalue weighted by Crippen LogP contribution is -2.32. The van der Waals surface area contributed by atoms with Gasteiger partial charge < -0.3 is 10.1 Å². The molecule has 3 rings (SSSR count). The summed E-state index contributed by atoms with van der Waals surface area (Å²) in [6.45, 7) is 7.66. The van der Waals surface area contributed by atoms with Crippen molar-refractivity contribution in [2.24, 2.45) is 5.92 Å². The Hall–Kier alpha value is -1.02. The number of hydrogen-bond donors (Lipinski definition) is 1. The van der Waals surface area contributed by atoms with Crippen LogP contribution >= 0.6 is 0 Å². The van der Waals surface area contributed by atoms with Crippen molar-refractivity contribution < 1.29 is 4.74 Å². The number of para-hydroxylation sites is 1. The van der Waals surface area contributed by atoms with Gasteiger partial charge in [-0.3, -0.25) is 0 Å². The smallest absolute Gasteiger partial charge is 0.127 e. The van der Waals surface area contributed by atoms with Crippen LogP contribution in [-0.2, 0) is 13.0 Å². The third-order valence-electron chi connectivity index (χ3n) is 4.77. The van der Waals surface area contributed by atoms with Crippen molar-refractivity contribution in [1.82, 2.24) is 5.32 Å². The highest BCUT2D eigenvalue weighted by atomic mass is 16.5. The van der Waals surface area contributed by atoms with E-state index in [0.717, 1.165) is 24.6 Å². The van der Waals surface area contributed by atoms with Crippen molar-refractivity contribution in [2.45, 2.75) is 71.1 Å². The van der Waals surface area contributed by atoms with Crippen LogP contribution < -0.4 is 10.1 Å². The summed E-state index contributed by atoms with van der Waals surface area (Å²) in [7, 11) is 0. The van der Waals surface area contributed by atoms with Gasteiger partial charge in [0.1, 0.15) is 11.4 Å². The van der Waals surface area contributed by atoms with E-state index in [2.05, 4.69) is 44.3 Å². The molecule has 0 saturated heterocycles. The summed E-state index contributed by atoms with van der Waals surface area (Å²) in [4.78, 5) is 0. The first-order valence-electron chi connectivity index (χ1n) is 8.07. The number of rotatable bonds is 3. The lowest BCUT2D eigenvalue weighted by molar-refractivity contribution is 0.137. The molecule has 0 radical (unpaired) electrons. The Morgan fingerprint density at radius 2 is 1.95 bits per heavy atom. The van der Waals surface area contributed by atoms with Crippen LogP contribution in [-0.4, -0.2) is 11.6 Å². The average Bonchev–Trinajstić information content (AvgIpc) is 2.72. The third-order valence-corrected chi connectivity index (χ3v) is 4.77. The predicted molar refractivity (Wildman–Crippen MR) is 83.1 cm³/mol. The van der Waals surface area contributed by atoms with Gasteiger partial charge in [0.25, 0.3) is 0 Å². The van der Waals surface area contributed by atoms with E-state index in [0.29, 0.717) is 6.04 Å². The molecule has 0 spiro atoms. The average molecular weight is 273 g/mol. The van der Waals surface area contributed by atoms with Gasteiger partial charge in [0.2, 0.25) is 0 Å². The quantitative estimate of drug-likeness (QED) is 0.896. The molecule has 1 fully saturated rings. The lowest BCUT2D eigenvalue weighted by Gasteiger charge is -2.27. The van der Waals surface area contributed by atoms with Crippen LogP contribution in [0.4, 0.5) is 0 Å². The predicted octanol–water partition coefficient (Wildman–Crippen LogP) is 4.07. The molecule has 0 amide bonds. The van der Waals surface area contributed by atoms with Crippen LogP contribution in [0.3, 0.4) is 0 Å². The Kier molecular flexibility index (Phi) is 3.76. The van der Waals surface area contributed by atoms with E-state index in [4.69, 9.17) is 4.74 Å². The summed E-state index contributed by atoms with van der Waals surface area (Å²) in [5, 5.41) is 3.74. The van der Waals surface area contributed by atoms with E-state index in [-0.39, 0.29) is 5.60 Å². The van der Waals surface area contributed by atoms with E-state index >= 15 is 0 Å². The van der Waals surface area contributed by atoms with Crippen molar-refractivity contribution >= 4 is 0 Å². The van der Waals surface area contributed by atoms with E-state index in [9.17, 15) is 0 Å². The van der Waals surface area contributed by atoms with Gasteiger partial charge in [-0.2, -0.15) is 0 Å². The summed E-state index contributed by atoms with van der Waals surface area (Å²) in [5.41, 5.74) is 2.65. The molecule has 1 aliphatic carbocycles. The maximum Gasteiger partial charge on any atom is 0.127 e. The highest BCUT2D eigenvalue weighted by Gasteiger charge is 2.31. The van der Waals surface area contributed by atoms with Crippen LogP contribution in [0.15, 0.2) is 18.2 Å². The van der Waals surface area contributed by atoms with Crippen molar-refractivity contribution in [1.29, 1.82) is 0 Å². The molecule has 1 aliphatic heterocycles. The van der Waals surface area contributed by atoms with Gasteiger partial charge in [-0.25, -0.2) is 0 Å². The van der Waals surface area contributed by atoms with Crippen molar-refractivity contribution in [3.63, 3.8) is 0 Å². The maximum atomic E-state index is 6.14. The number of hydrogen-bond acceptors (Lipinski definition) is 2. The molecular formula is C18H27NO. The fraction of sp³-hybridized carbons (Fsp3) is 0.667. The van der Waals surface area contributed by atoms with Gasteiger partial charge in [-0.15, -0.1) is 0 Å².